The fraction of sp³-hybridized carbons (Fsp3) is 0.143. The Labute approximate surface area is 217 Å². The molecular formula is C28H25BrN2O3S. The summed E-state index contributed by atoms with van der Waals surface area (Å²) < 4.78 is 12.5. The predicted molar refractivity (Wildman–Crippen MR) is 146 cm³/mol. The molecule has 1 N–H and O–H groups in total. The highest BCUT2D eigenvalue weighted by Gasteiger charge is 2.11. The van der Waals surface area contributed by atoms with Crippen LogP contribution in [0.5, 0.6) is 11.5 Å². The maximum atomic E-state index is 12.5. The largest absolute Gasteiger partial charge is 0.493 e. The van der Waals surface area contributed by atoms with Crippen molar-refractivity contribution in [1.29, 1.82) is 0 Å². The highest BCUT2D eigenvalue weighted by molar-refractivity contribution is 9.10. The molecule has 7 heteroatoms. The van der Waals surface area contributed by atoms with Crippen LogP contribution in [-0.4, -0.2) is 18.0 Å². The van der Waals surface area contributed by atoms with Gasteiger partial charge < -0.3 is 9.47 Å². The van der Waals surface area contributed by atoms with Crippen LogP contribution in [0.25, 0.3) is 17.3 Å². The first kappa shape index (κ1) is 24.7. The molecule has 0 bridgehead atoms. The average Bonchev–Trinajstić information content (AvgIpc) is 3.22. The smallest absolute Gasteiger partial charge is 0.250 e. The van der Waals surface area contributed by atoms with E-state index in [1.54, 1.807) is 13.2 Å². The van der Waals surface area contributed by atoms with Crippen molar-refractivity contribution in [3.8, 4) is 22.8 Å². The van der Waals surface area contributed by atoms with Crippen LogP contribution in [0.1, 0.15) is 21.6 Å². The minimum atomic E-state index is -0.250. The van der Waals surface area contributed by atoms with Crippen molar-refractivity contribution < 1.29 is 14.3 Å². The van der Waals surface area contributed by atoms with Gasteiger partial charge in [0.15, 0.2) is 16.6 Å². The Bertz CT molecular complexity index is 1360. The fourth-order valence-corrected chi connectivity index (χ4v) is 4.58. The number of hydrogen-bond acceptors (Lipinski definition) is 5. The van der Waals surface area contributed by atoms with Gasteiger partial charge in [-0.1, -0.05) is 58.4 Å². The fourth-order valence-electron chi connectivity index (χ4n) is 3.48. The Morgan fingerprint density at radius 3 is 2.57 bits per heavy atom. The molecule has 0 unspecified atom stereocenters. The second-order valence-electron chi connectivity index (χ2n) is 7.88. The number of amides is 1. The van der Waals surface area contributed by atoms with Crippen LogP contribution >= 0.6 is 27.3 Å². The highest BCUT2D eigenvalue weighted by atomic mass is 79.9. The SMILES string of the molecule is COc1cc(/C=C/C(=O)Nc2nc(-c3ccc(Br)cc3)c(C)s2)ccc1OCc1ccccc1C. The molecule has 1 amide bonds. The van der Waals surface area contributed by atoms with Gasteiger partial charge in [-0.15, -0.1) is 11.3 Å². The van der Waals surface area contributed by atoms with Crippen LogP contribution in [0, 0.1) is 13.8 Å². The summed E-state index contributed by atoms with van der Waals surface area (Å²) in [4.78, 5) is 18.1. The first-order valence-electron chi connectivity index (χ1n) is 11.0. The maximum Gasteiger partial charge on any atom is 0.250 e. The van der Waals surface area contributed by atoms with Gasteiger partial charge in [0, 0.05) is 21.0 Å². The molecule has 4 aromatic rings. The number of aryl methyl sites for hydroxylation is 2. The number of rotatable bonds is 8. The van der Waals surface area contributed by atoms with E-state index in [4.69, 9.17) is 9.47 Å². The monoisotopic (exact) mass is 548 g/mol. The molecule has 178 valence electrons. The van der Waals surface area contributed by atoms with Crippen molar-refractivity contribution in [2.45, 2.75) is 20.5 Å². The van der Waals surface area contributed by atoms with E-state index in [0.29, 0.717) is 23.2 Å². The summed E-state index contributed by atoms with van der Waals surface area (Å²) in [6.07, 6.45) is 3.22. The molecule has 3 aromatic carbocycles. The van der Waals surface area contributed by atoms with Crippen LogP contribution < -0.4 is 14.8 Å². The zero-order valence-corrected chi connectivity index (χ0v) is 22.1. The van der Waals surface area contributed by atoms with Crippen molar-refractivity contribution >= 4 is 44.4 Å². The number of benzene rings is 3. The third kappa shape index (κ3) is 6.38. The van der Waals surface area contributed by atoms with Crippen LogP contribution in [0.4, 0.5) is 5.13 Å². The molecule has 0 spiro atoms. The Morgan fingerprint density at radius 1 is 1.06 bits per heavy atom. The number of nitrogens with one attached hydrogen (secondary N) is 1. The summed E-state index contributed by atoms with van der Waals surface area (Å²) in [7, 11) is 1.60. The Morgan fingerprint density at radius 2 is 1.83 bits per heavy atom. The zero-order chi connectivity index (χ0) is 24.8. The number of methoxy groups -OCH3 is 1. The summed E-state index contributed by atoms with van der Waals surface area (Å²) in [6.45, 7) is 4.51. The van der Waals surface area contributed by atoms with E-state index in [1.165, 1.54) is 23.0 Å². The lowest BCUT2D eigenvalue weighted by Gasteiger charge is -2.12. The van der Waals surface area contributed by atoms with Gasteiger partial charge in [-0.05, 0) is 60.9 Å². The first-order chi connectivity index (χ1) is 16.9. The van der Waals surface area contributed by atoms with Gasteiger partial charge >= 0.3 is 0 Å². The van der Waals surface area contributed by atoms with E-state index in [9.17, 15) is 4.79 Å². The topological polar surface area (TPSA) is 60.5 Å². The second-order valence-corrected chi connectivity index (χ2v) is 10.00. The number of halogens is 1. The molecule has 1 heterocycles. The average molecular weight is 549 g/mol. The standard InChI is InChI=1S/C28H25BrN2O3S/c1-18-6-4-5-7-22(18)17-34-24-14-8-20(16-25(24)33-3)9-15-26(32)30-28-31-27(19(2)35-28)21-10-12-23(29)13-11-21/h4-16H,17H2,1-3H3,(H,30,31,32)/b15-9+. The summed E-state index contributed by atoms with van der Waals surface area (Å²) in [5.74, 6) is 1.01. The number of ether oxygens (including phenoxy) is 2. The van der Waals surface area contributed by atoms with Crippen molar-refractivity contribution in [3.05, 3.63) is 98.8 Å². The Kier molecular flexibility index (Phi) is 8.00. The van der Waals surface area contributed by atoms with Crippen molar-refractivity contribution in [3.63, 3.8) is 0 Å². The number of carbonyl (C=O) groups excluding carboxylic acids is 1. The quantitative estimate of drug-likeness (QED) is 0.232. The number of carbonyl (C=O) groups is 1. The zero-order valence-electron chi connectivity index (χ0n) is 19.7. The Hall–Kier alpha value is -3.42. The van der Waals surface area contributed by atoms with E-state index < -0.39 is 0 Å². The third-order valence-electron chi connectivity index (χ3n) is 5.40. The number of anilines is 1. The molecular weight excluding hydrogens is 524 g/mol. The van der Waals surface area contributed by atoms with Crippen LogP contribution in [0.2, 0.25) is 0 Å². The lowest BCUT2D eigenvalue weighted by Crippen LogP contribution is -2.07. The maximum absolute atomic E-state index is 12.5. The van der Waals surface area contributed by atoms with Crippen LogP contribution in [-0.2, 0) is 11.4 Å². The lowest BCUT2D eigenvalue weighted by molar-refractivity contribution is -0.111. The molecule has 0 saturated heterocycles. The minimum absolute atomic E-state index is 0.250. The van der Waals surface area contributed by atoms with E-state index in [1.807, 2.05) is 67.6 Å². The molecule has 4 rings (SSSR count). The lowest BCUT2D eigenvalue weighted by atomic mass is 10.1. The summed E-state index contributed by atoms with van der Waals surface area (Å²) >= 11 is 4.90. The molecule has 1 aromatic heterocycles. The molecule has 35 heavy (non-hydrogen) atoms. The summed E-state index contributed by atoms with van der Waals surface area (Å²) in [5.41, 5.74) is 5.00. The van der Waals surface area contributed by atoms with Crippen molar-refractivity contribution in [2.75, 3.05) is 12.4 Å². The van der Waals surface area contributed by atoms with E-state index in [2.05, 4.69) is 39.2 Å². The van der Waals surface area contributed by atoms with Gasteiger partial charge in [0.25, 0.3) is 0 Å². The molecule has 0 atom stereocenters. The highest BCUT2D eigenvalue weighted by Crippen LogP contribution is 2.32. The van der Waals surface area contributed by atoms with Crippen LogP contribution in [0.3, 0.4) is 0 Å². The summed E-state index contributed by atoms with van der Waals surface area (Å²) in [6, 6.07) is 21.6. The molecule has 0 fully saturated rings. The molecule has 0 aliphatic carbocycles. The predicted octanol–water partition coefficient (Wildman–Crippen LogP) is 7.43. The molecule has 0 aliphatic heterocycles. The normalized spacial score (nSPS) is 11.0. The van der Waals surface area contributed by atoms with Gasteiger partial charge in [-0.2, -0.15) is 0 Å². The Balaban J connectivity index is 1.40. The number of nitrogens with zero attached hydrogens (tertiary/aromatic N) is 1. The van der Waals surface area contributed by atoms with Gasteiger partial charge in [-0.3, -0.25) is 10.1 Å². The second kappa shape index (κ2) is 11.3. The van der Waals surface area contributed by atoms with Gasteiger partial charge in [0.2, 0.25) is 5.91 Å². The molecule has 5 nitrogen and oxygen atoms in total. The summed E-state index contributed by atoms with van der Waals surface area (Å²) in [5, 5.41) is 3.42. The van der Waals surface area contributed by atoms with Crippen LogP contribution in [0.15, 0.2) is 77.3 Å². The minimum Gasteiger partial charge on any atom is -0.493 e. The number of aromatic nitrogens is 1. The third-order valence-corrected chi connectivity index (χ3v) is 6.82. The van der Waals surface area contributed by atoms with Gasteiger partial charge in [0.1, 0.15) is 6.61 Å². The first-order valence-corrected chi connectivity index (χ1v) is 12.6. The number of thiazole rings is 1. The van der Waals surface area contributed by atoms with E-state index >= 15 is 0 Å². The van der Waals surface area contributed by atoms with Gasteiger partial charge in [-0.25, -0.2) is 4.98 Å². The van der Waals surface area contributed by atoms with E-state index in [-0.39, 0.29) is 5.91 Å². The molecule has 0 saturated carbocycles. The van der Waals surface area contributed by atoms with Crippen molar-refractivity contribution in [1.82, 2.24) is 4.98 Å². The van der Waals surface area contributed by atoms with Crippen molar-refractivity contribution in [2.24, 2.45) is 0 Å². The molecule has 0 radical (unpaired) electrons. The van der Waals surface area contributed by atoms with E-state index in [0.717, 1.165) is 31.7 Å². The van der Waals surface area contributed by atoms with Gasteiger partial charge in [0.05, 0.1) is 12.8 Å². The number of hydrogen-bond donors (Lipinski definition) is 1. The molecule has 0 aliphatic rings.